The molecule has 10 nitrogen and oxygen atoms in total. The van der Waals surface area contributed by atoms with Crippen LogP contribution in [0.3, 0.4) is 0 Å². The van der Waals surface area contributed by atoms with E-state index in [1.165, 1.54) is 24.1 Å². The van der Waals surface area contributed by atoms with Crippen LogP contribution in [0.5, 0.6) is 23.0 Å². The van der Waals surface area contributed by atoms with Crippen LogP contribution >= 0.6 is 0 Å². The monoisotopic (exact) mass is 571 g/mol. The second-order valence-corrected chi connectivity index (χ2v) is 10.3. The zero-order chi connectivity index (χ0) is 29.5. The van der Waals surface area contributed by atoms with Gasteiger partial charge in [0.15, 0.2) is 17.3 Å². The first-order valence-corrected chi connectivity index (χ1v) is 13.9. The quantitative estimate of drug-likeness (QED) is 0.269. The summed E-state index contributed by atoms with van der Waals surface area (Å²) in [5.74, 6) is -0.170. The van der Waals surface area contributed by atoms with Gasteiger partial charge in [-0.3, -0.25) is 19.4 Å². The molecule has 2 aliphatic rings. The molecular weight excluding hydrogens is 538 g/mol. The summed E-state index contributed by atoms with van der Waals surface area (Å²) < 4.78 is 16.0. The number of carbonyl (C=O) groups excluding carboxylic acids is 3. The van der Waals surface area contributed by atoms with E-state index in [1.54, 1.807) is 48.8 Å². The third kappa shape index (κ3) is 6.71. The molecule has 0 radical (unpaired) electrons. The first kappa shape index (κ1) is 28.7. The summed E-state index contributed by atoms with van der Waals surface area (Å²) in [4.78, 5) is 46.2. The van der Waals surface area contributed by atoms with Gasteiger partial charge in [0.05, 0.1) is 12.7 Å². The number of methoxy groups -OCH3 is 1. The van der Waals surface area contributed by atoms with E-state index in [9.17, 15) is 19.5 Å². The highest BCUT2D eigenvalue weighted by atomic mass is 16.7. The lowest BCUT2D eigenvalue weighted by molar-refractivity contribution is -0.138. The average molecular weight is 572 g/mol. The number of ether oxygens (including phenoxy) is 3. The van der Waals surface area contributed by atoms with Crippen LogP contribution < -0.4 is 19.5 Å². The van der Waals surface area contributed by atoms with E-state index in [0.717, 1.165) is 44.3 Å². The molecule has 1 aliphatic heterocycles. The number of aromatic hydroxyl groups is 1. The van der Waals surface area contributed by atoms with Gasteiger partial charge in [0, 0.05) is 37.1 Å². The lowest BCUT2D eigenvalue weighted by Gasteiger charge is -2.33. The van der Waals surface area contributed by atoms with Crippen molar-refractivity contribution in [2.75, 3.05) is 13.9 Å². The predicted octanol–water partition coefficient (Wildman–Crippen LogP) is 4.48. The lowest BCUT2D eigenvalue weighted by Crippen LogP contribution is -2.46. The van der Waals surface area contributed by atoms with Crippen molar-refractivity contribution in [2.45, 2.75) is 50.7 Å². The van der Waals surface area contributed by atoms with E-state index >= 15 is 0 Å². The Morgan fingerprint density at radius 1 is 1.02 bits per heavy atom. The second kappa shape index (κ2) is 13.2. The molecule has 2 amide bonds. The number of ketones is 1. The zero-order valence-corrected chi connectivity index (χ0v) is 23.3. The first-order valence-electron chi connectivity index (χ1n) is 13.9. The molecule has 1 saturated carbocycles. The number of nitrogens with one attached hydrogen (secondary N) is 1. The van der Waals surface area contributed by atoms with Crippen LogP contribution in [-0.4, -0.2) is 52.5 Å². The van der Waals surface area contributed by atoms with Crippen molar-refractivity contribution >= 4 is 17.6 Å². The molecule has 0 saturated heterocycles. The van der Waals surface area contributed by atoms with Crippen molar-refractivity contribution in [1.29, 1.82) is 0 Å². The molecule has 218 valence electrons. The van der Waals surface area contributed by atoms with Crippen molar-refractivity contribution in [1.82, 2.24) is 15.2 Å². The molecule has 2 N–H and O–H groups in total. The van der Waals surface area contributed by atoms with E-state index < -0.39 is 17.7 Å². The Balaban J connectivity index is 1.47. The van der Waals surface area contributed by atoms with Crippen molar-refractivity contribution in [3.8, 4) is 23.0 Å². The van der Waals surface area contributed by atoms with Gasteiger partial charge in [-0.05, 0) is 66.4 Å². The Hall–Kier alpha value is -4.86. The van der Waals surface area contributed by atoms with Crippen molar-refractivity contribution in [3.63, 3.8) is 0 Å². The molecule has 0 bridgehead atoms. The fourth-order valence-corrected chi connectivity index (χ4v) is 5.26. The number of nitrogens with zero attached hydrogens (tertiary/aromatic N) is 2. The molecule has 1 aromatic heterocycles. The van der Waals surface area contributed by atoms with Gasteiger partial charge in [0.2, 0.25) is 18.6 Å². The van der Waals surface area contributed by atoms with Crippen LogP contribution in [0.15, 0.2) is 73.1 Å². The molecule has 5 rings (SSSR count). The minimum absolute atomic E-state index is 0.0166. The standard InChI is InChI=1S/C32H33N3O7/c1-40-24-8-9-25(27(37)18-24)26(36)10-12-30(38)35(19-21-7-11-28-29(17-21)42-20-41-28)31(22-13-15-33-16-14-22)32(39)34-23-5-3-2-4-6-23/h7-18,23,31,37H,2-6,19-20H2,1H3,(H,34,39)/b12-10+. The van der Waals surface area contributed by atoms with Crippen LogP contribution in [0.2, 0.25) is 0 Å². The van der Waals surface area contributed by atoms with Gasteiger partial charge >= 0.3 is 0 Å². The SMILES string of the molecule is COc1ccc(C(=O)/C=C/C(=O)N(Cc2ccc3c(c2)OCO3)C(C(=O)NC2CCCCC2)c2ccncc2)c(O)c1. The minimum atomic E-state index is -0.998. The van der Waals surface area contributed by atoms with E-state index in [2.05, 4.69) is 10.3 Å². The number of pyridine rings is 1. The summed E-state index contributed by atoms with van der Waals surface area (Å²) in [6.07, 6.45) is 10.3. The second-order valence-electron chi connectivity index (χ2n) is 10.3. The molecule has 1 fully saturated rings. The minimum Gasteiger partial charge on any atom is -0.507 e. The topological polar surface area (TPSA) is 127 Å². The summed E-state index contributed by atoms with van der Waals surface area (Å²) in [6.45, 7) is 0.154. The Morgan fingerprint density at radius 2 is 1.79 bits per heavy atom. The Kier molecular flexibility index (Phi) is 9.01. The van der Waals surface area contributed by atoms with Crippen molar-refractivity contribution in [3.05, 3.63) is 89.8 Å². The molecule has 1 unspecified atom stereocenters. The maximum Gasteiger partial charge on any atom is 0.247 e. The Labute approximate surface area is 243 Å². The number of phenolic OH excluding ortho intramolecular Hbond substituents is 1. The van der Waals surface area contributed by atoms with Crippen LogP contribution in [0.1, 0.15) is 59.6 Å². The summed E-state index contributed by atoms with van der Waals surface area (Å²) >= 11 is 0. The molecule has 2 heterocycles. The largest absolute Gasteiger partial charge is 0.507 e. The molecule has 1 atom stereocenters. The number of amides is 2. The highest BCUT2D eigenvalue weighted by Crippen LogP contribution is 2.34. The number of hydrogen-bond acceptors (Lipinski definition) is 8. The fraction of sp³-hybridized carbons (Fsp3) is 0.312. The smallest absolute Gasteiger partial charge is 0.247 e. The predicted molar refractivity (Wildman–Crippen MR) is 153 cm³/mol. The lowest BCUT2D eigenvalue weighted by atomic mass is 9.94. The van der Waals surface area contributed by atoms with E-state index in [-0.39, 0.29) is 36.6 Å². The molecule has 10 heteroatoms. The third-order valence-corrected chi connectivity index (χ3v) is 7.45. The van der Waals surface area contributed by atoms with Crippen molar-refractivity contribution < 1.29 is 33.7 Å². The van der Waals surface area contributed by atoms with Crippen LogP contribution in [-0.2, 0) is 16.1 Å². The number of benzene rings is 2. The number of allylic oxidation sites excluding steroid dienone is 1. The molecule has 42 heavy (non-hydrogen) atoms. The maximum atomic E-state index is 13.9. The summed E-state index contributed by atoms with van der Waals surface area (Å²) in [5.41, 5.74) is 1.31. The first-order chi connectivity index (χ1) is 20.4. The fourth-order valence-electron chi connectivity index (χ4n) is 5.26. The van der Waals surface area contributed by atoms with E-state index in [0.29, 0.717) is 28.4 Å². The maximum absolute atomic E-state index is 13.9. The van der Waals surface area contributed by atoms with Gasteiger partial charge < -0.3 is 29.5 Å². The zero-order valence-electron chi connectivity index (χ0n) is 23.3. The van der Waals surface area contributed by atoms with Gasteiger partial charge in [0.25, 0.3) is 0 Å². The van der Waals surface area contributed by atoms with Gasteiger partial charge in [0.1, 0.15) is 17.5 Å². The number of carbonyl (C=O) groups is 3. The normalized spacial score (nSPS) is 15.3. The van der Waals surface area contributed by atoms with Gasteiger partial charge in [-0.15, -0.1) is 0 Å². The highest BCUT2D eigenvalue weighted by molar-refractivity contribution is 6.09. The molecule has 0 spiro atoms. The Morgan fingerprint density at radius 3 is 2.52 bits per heavy atom. The molecule has 1 aliphatic carbocycles. The molecule has 3 aromatic rings. The van der Waals surface area contributed by atoms with Crippen LogP contribution in [0.4, 0.5) is 0 Å². The number of phenols is 1. The van der Waals surface area contributed by atoms with Gasteiger partial charge in [-0.25, -0.2) is 0 Å². The summed E-state index contributed by atoms with van der Waals surface area (Å²) in [6, 6.07) is 12.1. The van der Waals surface area contributed by atoms with E-state index in [1.807, 2.05) is 0 Å². The van der Waals surface area contributed by atoms with Crippen molar-refractivity contribution in [2.24, 2.45) is 0 Å². The molecule has 2 aromatic carbocycles. The average Bonchev–Trinajstić information content (AvgIpc) is 3.48. The summed E-state index contributed by atoms with van der Waals surface area (Å²) in [7, 11) is 1.45. The third-order valence-electron chi connectivity index (χ3n) is 7.45. The molecular formula is C32H33N3O7. The summed E-state index contributed by atoms with van der Waals surface area (Å²) in [5, 5.41) is 13.4. The van der Waals surface area contributed by atoms with Crippen LogP contribution in [0.25, 0.3) is 0 Å². The van der Waals surface area contributed by atoms with Gasteiger partial charge in [-0.1, -0.05) is 25.3 Å². The number of hydrogen-bond donors (Lipinski definition) is 2. The van der Waals surface area contributed by atoms with Crippen LogP contribution in [0, 0.1) is 0 Å². The number of rotatable bonds is 10. The van der Waals surface area contributed by atoms with E-state index in [4.69, 9.17) is 14.2 Å². The highest BCUT2D eigenvalue weighted by Gasteiger charge is 2.33. The number of fused-ring (bicyclic) bond motifs is 1. The number of aromatic nitrogens is 1. The Bertz CT molecular complexity index is 1470. The van der Waals surface area contributed by atoms with Gasteiger partial charge in [-0.2, -0.15) is 0 Å².